The molecule has 0 heterocycles. The summed E-state index contributed by atoms with van der Waals surface area (Å²) in [6.07, 6.45) is 2.12. The van der Waals surface area contributed by atoms with Crippen molar-refractivity contribution in [2.24, 2.45) is 5.92 Å². The summed E-state index contributed by atoms with van der Waals surface area (Å²) in [5.74, 6) is -0.271. The van der Waals surface area contributed by atoms with Crippen LogP contribution in [0.4, 0.5) is 0 Å². The van der Waals surface area contributed by atoms with Gasteiger partial charge in [0.15, 0.2) is 0 Å². The quantitative estimate of drug-likeness (QED) is 0.740. The molecule has 2 amide bonds. The van der Waals surface area contributed by atoms with Gasteiger partial charge in [0.1, 0.15) is 6.04 Å². The van der Waals surface area contributed by atoms with Gasteiger partial charge in [0, 0.05) is 12.5 Å². The average Bonchev–Trinajstić information content (AvgIpc) is 2.49. The highest BCUT2D eigenvalue weighted by molar-refractivity contribution is 5.88. The van der Waals surface area contributed by atoms with Crippen LogP contribution in [-0.2, 0) is 15.0 Å². The highest BCUT2D eigenvalue weighted by Crippen LogP contribution is 2.26. The summed E-state index contributed by atoms with van der Waals surface area (Å²) in [6.45, 7) is 8.20. The molecule has 2 rings (SSSR count). The highest BCUT2D eigenvalue weighted by Gasteiger charge is 2.27. The monoisotopic (exact) mass is 346 g/mol. The molecule has 1 aliphatic carbocycles. The fourth-order valence-electron chi connectivity index (χ4n) is 2.74. The lowest BCUT2D eigenvalue weighted by Crippen LogP contribution is -2.48. The molecule has 0 aliphatic heterocycles. The van der Waals surface area contributed by atoms with Gasteiger partial charge in [-0.1, -0.05) is 51.5 Å². The van der Waals surface area contributed by atoms with E-state index >= 15 is 0 Å². The van der Waals surface area contributed by atoms with E-state index in [-0.39, 0.29) is 29.7 Å². The molecule has 0 aromatic heterocycles. The SMILES string of the molecule is CC(NC(=O)C1CCC1)C(=O)NCC(O)c1ccc(C(C)(C)C)cc1. The van der Waals surface area contributed by atoms with Gasteiger partial charge in [-0.3, -0.25) is 9.59 Å². The molecule has 0 saturated heterocycles. The number of amides is 2. The zero-order chi connectivity index (χ0) is 18.6. The normalized spacial score (nSPS) is 17.3. The summed E-state index contributed by atoms with van der Waals surface area (Å²) >= 11 is 0. The Hall–Kier alpha value is -1.88. The number of carbonyl (C=O) groups is 2. The second kappa shape index (κ2) is 8.00. The van der Waals surface area contributed by atoms with Gasteiger partial charge < -0.3 is 15.7 Å². The molecule has 1 aromatic carbocycles. The fourth-order valence-corrected chi connectivity index (χ4v) is 2.74. The molecule has 3 N–H and O–H groups in total. The van der Waals surface area contributed by atoms with Crippen LogP contribution in [0.1, 0.15) is 64.2 Å². The molecule has 1 aliphatic rings. The minimum atomic E-state index is -0.771. The Balaban J connectivity index is 1.81. The zero-order valence-corrected chi connectivity index (χ0v) is 15.6. The number of carbonyl (C=O) groups excluding carboxylic acids is 2. The van der Waals surface area contributed by atoms with E-state index in [0.29, 0.717) is 0 Å². The predicted molar refractivity (Wildman–Crippen MR) is 98.1 cm³/mol. The Bertz CT molecular complexity index is 600. The summed E-state index contributed by atoms with van der Waals surface area (Å²) in [5.41, 5.74) is 2.02. The summed E-state index contributed by atoms with van der Waals surface area (Å²) in [4.78, 5) is 24.0. The van der Waals surface area contributed by atoms with Crippen LogP contribution >= 0.6 is 0 Å². The van der Waals surface area contributed by atoms with E-state index in [2.05, 4.69) is 31.4 Å². The van der Waals surface area contributed by atoms with E-state index < -0.39 is 12.1 Å². The number of aliphatic hydroxyl groups is 1. The molecule has 5 nitrogen and oxygen atoms in total. The Kier molecular flexibility index (Phi) is 6.22. The van der Waals surface area contributed by atoms with Gasteiger partial charge >= 0.3 is 0 Å². The number of aliphatic hydroxyl groups excluding tert-OH is 1. The summed E-state index contributed by atoms with van der Waals surface area (Å²) < 4.78 is 0. The fraction of sp³-hybridized carbons (Fsp3) is 0.600. The lowest BCUT2D eigenvalue weighted by atomic mass is 9.84. The van der Waals surface area contributed by atoms with Crippen molar-refractivity contribution >= 4 is 11.8 Å². The first-order chi connectivity index (χ1) is 11.7. The van der Waals surface area contributed by atoms with E-state index in [1.165, 1.54) is 5.56 Å². The van der Waals surface area contributed by atoms with Gasteiger partial charge in [-0.05, 0) is 36.3 Å². The topological polar surface area (TPSA) is 78.4 Å². The number of hydrogen-bond donors (Lipinski definition) is 3. The molecular formula is C20H30N2O3. The molecular weight excluding hydrogens is 316 g/mol. The predicted octanol–water partition coefficient (Wildman–Crippen LogP) is 2.44. The van der Waals surface area contributed by atoms with Gasteiger partial charge in [-0.15, -0.1) is 0 Å². The minimum absolute atomic E-state index is 0.0489. The third kappa shape index (κ3) is 5.30. The van der Waals surface area contributed by atoms with Crippen LogP contribution in [0, 0.1) is 5.92 Å². The summed E-state index contributed by atoms with van der Waals surface area (Å²) in [7, 11) is 0. The number of rotatable bonds is 6. The van der Waals surface area contributed by atoms with Crippen molar-refractivity contribution in [3.05, 3.63) is 35.4 Å². The molecule has 2 unspecified atom stereocenters. The Morgan fingerprint density at radius 2 is 1.80 bits per heavy atom. The van der Waals surface area contributed by atoms with Crippen LogP contribution in [0.3, 0.4) is 0 Å². The van der Waals surface area contributed by atoms with Crippen LogP contribution < -0.4 is 10.6 Å². The van der Waals surface area contributed by atoms with Crippen LogP contribution in [0.25, 0.3) is 0 Å². The number of hydrogen-bond acceptors (Lipinski definition) is 3. The van der Waals surface area contributed by atoms with E-state index in [1.54, 1.807) is 6.92 Å². The third-order valence-corrected chi connectivity index (χ3v) is 4.86. The van der Waals surface area contributed by atoms with Gasteiger partial charge in [0.05, 0.1) is 6.10 Å². The standard InChI is InChI=1S/C20H30N2O3/c1-13(22-19(25)15-6-5-7-15)18(24)21-12-17(23)14-8-10-16(11-9-14)20(2,3)4/h8-11,13,15,17,23H,5-7,12H2,1-4H3,(H,21,24)(H,22,25). The van der Waals surface area contributed by atoms with Crippen LogP contribution in [0.2, 0.25) is 0 Å². The van der Waals surface area contributed by atoms with Gasteiger partial charge in [0.25, 0.3) is 0 Å². The highest BCUT2D eigenvalue weighted by atomic mass is 16.3. The first-order valence-electron chi connectivity index (χ1n) is 9.05. The molecule has 138 valence electrons. The molecule has 0 spiro atoms. The van der Waals surface area contributed by atoms with E-state index in [4.69, 9.17) is 0 Å². The zero-order valence-electron chi connectivity index (χ0n) is 15.6. The van der Waals surface area contributed by atoms with Gasteiger partial charge in [-0.25, -0.2) is 0 Å². The van der Waals surface area contributed by atoms with Crippen molar-refractivity contribution in [1.82, 2.24) is 10.6 Å². The van der Waals surface area contributed by atoms with Gasteiger partial charge in [0.2, 0.25) is 11.8 Å². The molecule has 25 heavy (non-hydrogen) atoms. The lowest BCUT2D eigenvalue weighted by Gasteiger charge is -2.26. The average molecular weight is 346 g/mol. The minimum Gasteiger partial charge on any atom is -0.387 e. The summed E-state index contributed by atoms with van der Waals surface area (Å²) in [5, 5.41) is 15.7. The van der Waals surface area contributed by atoms with Crippen LogP contribution in [-0.4, -0.2) is 29.5 Å². The van der Waals surface area contributed by atoms with Crippen molar-refractivity contribution in [2.45, 2.75) is 64.5 Å². The van der Waals surface area contributed by atoms with E-state index in [9.17, 15) is 14.7 Å². The Labute approximate surface area is 150 Å². The lowest BCUT2D eigenvalue weighted by molar-refractivity contribution is -0.132. The first kappa shape index (κ1) is 19.4. The van der Waals surface area contributed by atoms with Crippen molar-refractivity contribution < 1.29 is 14.7 Å². The maximum Gasteiger partial charge on any atom is 0.242 e. The summed E-state index contributed by atoms with van der Waals surface area (Å²) in [6, 6.07) is 7.19. The smallest absolute Gasteiger partial charge is 0.242 e. The number of benzene rings is 1. The first-order valence-corrected chi connectivity index (χ1v) is 9.05. The van der Waals surface area contributed by atoms with Crippen LogP contribution in [0.5, 0.6) is 0 Å². The second-order valence-electron chi connectivity index (χ2n) is 7.99. The molecule has 0 bridgehead atoms. The Morgan fingerprint density at radius 3 is 2.28 bits per heavy atom. The van der Waals surface area contributed by atoms with E-state index in [0.717, 1.165) is 24.8 Å². The van der Waals surface area contributed by atoms with E-state index in [1.807, 2.05) is 24.3 Å². The van der Waals surface area contributed by atoms with Crippen LogP contribution in [0.15, 0.2) is 24.3 Å². The molecule has 2 atom stereocenters. The second-order valence-corrected chi connectivity index (χ2v) is 7.99. The molecule has 1 fully saturated rings. The van der Waals surface area contributed by atoms with Crippen molar-refractivity contribution in [3.63, 3.8) is 0 Å². The van der Waals surface area contributed by atoms with Crippen molar-refractivity contribution in [3.8, 4) is 0 Å². The Morgan fingerprint density at radius 1 is 1.20 bits per heavy atom. The third-order valence-electron chi connectivity index (χ3n) is 4.86. The maximum atomic E-state index is 12.1. The molecule has 0 radical (unpaired) electrons. The molecule has 1 aromatic rings. The molecule has 5 heteroatoms. The molecule has 1 saturated carbocycles. The van der Waals surface area contributed by atoms with Crippen molar-refractivity contribution in [2.75, 3.05) is 6.54 Å². The number of nitrogens with one attached hydrogen (secondary N) is 2. The maximum absolute atomic E-state index is 12.1. The largest absolute Gasteiger partial charge is 0.387 e. The van der Waals surface area contributed by atoms with Crippen molar-refractivity contribution in [1.29, 1.82) is 0 Å². The van der Waals surface area contributed by atoms with Gasteiger partial charge in [-0.2, -0.15) is 0 Å².